The highest BCUT2D eigenvalue weighted by Gasteiger charge is 2.25. The van der Waals surface area contributed by atoms with Gasteiger partial charge in [-0.15, -0.1) is 11.3 Å². The van der Waals surface area contributed by atoms with Gasteiger partial charge in [0.25, 0.3) is 0 Å². The lowest BCUT2D eigenvalue weighted by Crippen LogP contribution is -2.26. The number of hydrogen-bond donors (Lipinski definition) is 2. The molecular formula is C11H17BrN2OS. The van der Waals surface area contributed by atoms with E-state index in [0.29, 0.717) is 6.42 Å². The molecule has 1 heterocycles. The number of halogens is 1. The Labute approximate surface area is 108 Å². The summed E-state index contributed by atoms with van der Waals surface area (Å²) in [6, 6.07) is 1.93. The molecule has 0 aliphatic carbocycles. The molecule has 1 rings (SSSR count). The average molecular weight is 305 g/mol. The first-order valence-corrected chi connectivity index (χ1v) is 6.76. The molecule has 1 atom stereocenters. The van der Waals surface area contributed by atoms with Crippen LogP contribution in [-0.2, 0) is 4.79 Å². The molecule has 1 unspecified atom stereocenters. The molecule has 0 aliphatic rings. The lowest BCUT2D eigenvalue weighted by molar-refractivity contribution is -0.120. The summed E-state index contributed by atoms with van der Waals surface area (Å²) in [6.07, 6.45) is 1.11. The van der Waals surface area contributed by atoms with Gasteiger partial charge in [-0.2, -0.15) is 0 Å². The molecule has 0 fully saturated rings. The first-order chi connectivity index (χ1) is 7.32. The molecule has 1 aromatic rings. The van der Waals surface area contributed by atoms with E-state index in [1.54, 1.807) is 11.3 Å². The van der Waals surface area contributed by atoms with E-state index >= 15 is 0 Å². The van der Waals surface area contributed by atoms with Gasteiger partial charge in [-0.25, -0.2) is 0 Å². The molecule has 0 aromatic carbocycles. The third-order valence-electron chi connectivity index (χ3n) is 2.41. The van der Waals surface area contributed by atoms with Crippen LogP contribution in [0.4, 0.5) is 0 Å². The van der Waals surface area contributed by atoms with E-state index in [1.165, 1.54) is 0 Å². The summed E-state index contributed by atoms with van der Waals surface area (Å²) >= 11 is 5.09. The van der Waals surface area contributed by atoms with Crippen LogP contribution in [0.15, 0.2) is 15.9 Å². The van der Waals surface area contributed by atoms with Crippen molar-refractivity contribution in [3.8, 4) is 0 Å². The SMILES string of the molecule is CC(C)(CC(N)=O)CC(N)c1sccc1Br. The van der Waals surface area contributed by atoms with Crippen molar-refractivity contribution in [3.63, 3.8) is 0 Å². The summed E-state index contributed by atoms with van der Waals surface area (Å²) < 4.78 is 1.04. The maximum atomic E-state index is 10.9. The third-order valence-corrected chi connectivity index (χ3v) is 4.41. The Balaban J connectivity index is 2.67. The fourth-order valence-electron chi connectivity index (χ4n) is 1.80. The predicted octanol–water partition coefficient (Wildman–Crippen LogP) is 2.80. The quantitative estimate of drug-likeness (QED) is 0.878. The van der Waals surface area contributed by atoms with Gasteiger partial charge in [-0.1, -0.05) is 13.8 Å². The first kappa shape index (κ1) is 13.7. The van der Waals surface area contributed by atoms with Gasteiger partial charge in [0.1, 0.15) is 0 Å². The molecule has 16 heavy (non-hydrogen) atoms. The largest absolute Gasteiger partial charge is 0.370 e. The molecule has 0 bridgehead atoms. The van der Waals surface area contributed by atoms with Gasteiger partial charge in [0.15, 0.2) is 0 Å². The van der Waals surface area contributed by atoms with E-state index in [1.807, 2.05) is 25.3 Å². The van der Waals surface area contributed by atoms with Crippen molar-refractivity contribution in [2.24, 2.45) is 16.9 Å². The fourth-order valence-corrected chi connectivity index (χ4v) is 3.47. The molecular weight excluding hydrogens is 288 g/mol. The highest BCUT2D eigenvalue weighted by Crippen LogP contribution is 2.36. The van der Waals surface area contributed by atoms with Gasteiger partial charge in [-0.3, -0.25) is 4.79 Å². The third kappa shape index (κ3) is 3.88. The molecule has 0 saturated carbocycles. The second-order valence-electron chi connectivity index (χ2n) is 4.75. The van der Waals surface area contributed by atoms with Crippen LogP contribution in [0, 0.1) is 5.41 Å². The van der Waals surface area contributed by atoms with Crippen molar-refractivity contribution in [2.45, 2.75) is 32.7 Å². The van der Waals surface area contributed by atoms with E-state index in [2.05, 4.69) is 15.9 Å². The van der Waals surface area contributed by atoms with Gasteiger partial charge in [0, 0.05) is 21.8 Å². The van der Waals surface area contributed by atoms with Crippen LogP contribution in [0.1, 0.15) is 37.6 Å². The predicted molar refractivity (Wildman–Crippen MR) is 71.2 cm³/mol. The maximum absolute atomic E-state index is 10.9. The maximum Gasteiger partial charge on any atom is 0.217 e. The lowest BCUT2D eigenvalue weighted by Gasteiger charge is -2.26. The van der Waals surface area contributed by atoms with Crippen molar-refractivity contribution in [1.29, 1.82) is 0 Å². The van der Waals surface area contributed by atoms with Gasteiger partial charge in [0.2, 0.25) is 5.91 Å². The van der Waals surface area contributed by atoms with Gasteiger partial charge >= 0.3 is 0 Å². The second-order valence-corrected chi connectivity index (χ2v) is 6.55. The van der Waals surface area contributed by atoms with Crippen LogP contribution >= 0.6 is 27.3 Å². The van der Waals surface area contributed by atoms with E-state index in [-0.39, 0.29) is 17.4 Å². The summed E-state index contributed by atoms with van der Waals surface area (Å²) in [5, 5.41) is 2.00. The zero-order valence-corrected chi connectivity index (χ0v) is 11.9. The molecule has 1 amide bonds. The Kier molecular flexibility index (Phi) is 4.52. The number of rotatable bonds is 5. The molecule has 0 radical (unpaired) electrons. The molecule has 3 nitrogen and oxygen atoms in total. The Morgan fingerprint density at radius 2 is 2.25 bits per heavy atom. The Morgan fingerprint density at radius 1 is 1.62 bits per heavy atom. The van der Waals surface area contributed by atoms with E-state index in [9.17, 15) is 4.79 Å². The molecule has 0 saturated heterocycles. The average Bonchev–Trinajstić information content (AvgIpc) is 2.47. The van der Waals surface area contributed by atoms with E-state index in [4.69, 9.17) is 11.5 Å². The molecule has 0 spiro atoms. The lowest BCUT2D eigenvalue weighted by atomic mass is 9.82. The summed E-state index contributed by atoms with van der Waals surface area (Å²) in [4.78, 5) is 12.0. The minimum atomic E-state index is -0.276. The number of nitrogens with two attached hydrogens (primary N) is 2. The Bertz CT molecular complexity index is 376. The number of amides is 1. The normalized spacial score (nSPS) is 13.8. The number of hydrogen-bond acceptors (Lipinski definition) is 3. The smallest absolute Gasteiger partial charge is 0.217 e. The minimum Gasteiger partial charge on any atom is -0.370 e. The summed E-state index contributed by atoms with van der Waals surface area (Å²) in [5.74, 6) is -0.276. The van der Waals surface area contributed by atoms with E-state index in [0.717, 1.165) is 15.8 Å². The van der Waals surface area contributed by atoms with Crippen LogP contribution in [-0.4, -0.2) is 5.91 Å². The number of carbonyl (C=O) groups is 1. The summed E-state index contributed by atoms with van der Waals surface area (Å²) in [7, 11) is 0. The van der Waals surface area contributed by atoms with E-state index < -0.39 is 0 Å². The summed E-state index contributed by atoms with van der Waals surface area (Å²) in [5.41, 5.74) is 11.2. The topological polar surface area (TPSA) is 69.1 Å². The highest BCUT2D eigenvalue weighted by molar-refractivity contribution is 9.10. The zero-order chi connectivity index (χ0) is 12.3. The summed E-state index contributed by atoms with van der Waals surface area (Å²) in [6.45, 7) is 4.03. The second kappa shape index (κ2) is 5.29. The molecule has 5 heteroatoms. The Hall–Kier alpha value is -0.390. The number of carbonyl (C=O) groups excluding carboxylic acids is 1. The number of thiophene rings is 1. The van der Waals surface area contributed by atoms with Gasteiger partial charge in [0.05, 0.1) is 0 Å². The van der Waals surface area contributed by atoms with Crippen LogP contribution < -0.4 is 11.5 Å². The van der Waals surface area contributed by atoms with Gasteiger partial charge in [-0.05, 0) is 39.2 Å². The van der Waals surface area contributed by atoms with Gasteiger partial charge < -0.3 is 11.5 Å². The zero-order valence-electron chi connectivity index (χ0n) is 9.50. The van der Waals surface area contributed by atoms with Crippen molar-refractivity contribution in [1.82, 2.24) is 0 Å². The van der Waals surface area contributed by atoms with Crippen molar-refractivity contribution in [2.75, 3.05) is 0 Å². The van der Waals surface area contributed by atoms with Crippen LogP contribution in [0.2, 0.25) is 0 Å². The molecule has 1 aromatic heterocycles. The van der Waals surface area contributed by atoms with Crippen molar-refractivity contribution >= 4 is 33.2 Å². The van der Waals surface area contributed by atoms with Crippen LogP contribution in [0.5, 0.6) is 0 Å². The monoisotopic (exact) mass is 304 g/mol. The van der Waals surface area contributed by atoms with Crippen LogP contribution in [0.3, 0.4) is 0 Å². The molecule has 90 valence electrons. The molecule has 4 N–H and O–H groups in total. The number of primary amides is 1. The van der Waals surface area contributed by atoms with Crippen molar-refractivity contribution in [3.05, 3.63) is 20.8 Å². The highest BCUT2D eigenvalue weighted by atomic mass is 79.9. The van der Waals surface area contributed by atoms with Crippen LogP contribution in [0.25, 0.3) is 0 Å². The minimum absolute atomic E-state index is 0.0521. The first-order valence-electron chi connectivity index (χ1n) is 5.08. The standard InChI is InChI=1S/C11H17BrN2OS/c1-11(2,6-9(14)15)5-8(13)10-7(12)3-4-16-10/h3-4,8H,5-6,13H2,1-2H3,(H2,14,15). The molecule has 0 aliphatic heterocycles. The Morgan fingerprint density at radius 3 is 2.69 bits per heavy atom. The fraction of sp³-hybridized carbons (Fsp3) is 0.545. The van der Waals surface area contributed by atoms with Crippen molar-refractivity contribution < 1.29 is 4.79 Å².